The maximum absolute atomic E-state index is 10.6. The van der Waals surface area contributed by atoms with Crippen molar-refractivity contribution in [3.8, 4) is 0 Å². The molecule has 15 heteroatoms. The summed E-state index contributed by atoms with van der Waals surface area (Å²) in [4.78, 5) is 0. The number of aliphatic hydroxyl groups is 10. The van der Waals surface area contributed by atoms with Crippen molar-refractivity contribution >= 4 is 0 Å². The fourth-order valence-electron chi connectivity index (χ4n) is 3.66. The van der Waals surface area contributed by atoms with E-state index in [-0.39, 0.29) is 0 Å². The van der Waals surface area contributed by atoms with E-state index in [1.165, 1.54) is 0 Å². The molecule has 0 amide bonds. The summed E-state index contributed by atoms with van der Waals surface area (Å²) in [5, 5.41) is 98.7. The Bertz CT molecular complexity index is 594. The molecule has 0 aliphatic carbocycles. The molecule has 0 saturated carbocycles. The molecule has 0 aromatic rings. The lowest BCUT2D eigenvalue weighted by Gasteiger charge is -2.44. The molecular formula is C17H30O15. The summed E-state index contributed by atoms with van der Waals surface area (Å²) < 4.78 is 26.0. The summed E-state index contributed by atoms with van der Waals surface area (Å²) in [6, 6.07) is 0. The predicted molar refractivity (Wildman–Crippen MR) is 95.2 cm³/mol. The number of rotatable bonds is 6. The second-order valence-corrected chi connectivity index (χ2v) is 7.93. The van der Waals surface area contributed by atoms with Crippen LogP contribution in [-0.4, -0.2) is 157 Å². The Balaban J connectivity index is 1.62. The predicted octanol–water partition coefficient (Wildman–Crippen LogP) is -6.93. The van der Waals surface area contributed by atoms with Gasteiger partial charge in [0.25, 0.3) is 0 Å². The third-order valence-electron chi connectivity index (χ3n) is 5.68. The third kappa shape index (κ3) is 5.22. The van der Waals surface area contributed by atoms with E-state index in [0.29, 0.717) is 0 Å². The van der Waals surface area contributed by atoms with Gasteiger partial charge in [-0.3, -0.25) is 0 Å². The first kappa shape index (κ1) is 26.0. The number of aliphatic hydroxyl groups excluding tert-OH is 10. The van der Waals surface area contributed by atoms with Crippen molar-refractivity contribution in [1.82, 2.24) is 0 Å². The highest BCUT2D eigenvalue weighted by Gasteiger charge is 2.50. The van der Waals surface area contributed by atoms with E-state index in [4.69, 9.17) is 23.7 Å². The van der Waals surface area contributed by atoms with Gasteiger partial charge in [-0.05, 0) is 0 Å². The lowest BCUT2D eigenvalue weighted by atomic mass is 9.98. The summed E-state index contributed by atoms with van der Waals surface area (Å²) >= 11 is 0. The topological polar surface area (TPSA) is 248 Å². The Hall–Kier alpha value is -0.600. The molecule has 3 heterocycles. The molecule has 32 heavy (non-hydrogen) atoms. The van der Waals surface area contributed by atoms with E-state index in [1.807, 2.05) is 0 Å². The summed E-state index contributed by atoms with van der Waals surface area (Å²) in [7, 11) is 0. The van der Waals surface area contributed by atoms with Crippen LogP contribution in [0, 0.1) is 0 Å². The van der Waals surface area contributed by atoms with Crippen molar-refractivity contribution < 1.29 is 74.7 Å². The van der Waals surface area contributed by atoms with Crippen molar-refractivity contribution in [1.29, 1.82) is 0 Å². The SMILES string of the molecule is OC[C@H]1O[C@@H](OC[C@H]2O[C@@H](O)[C@H](O)[C@@H](O[C@@H]3OC[C@H](O)[C@H](O)[C@H]3O)[C@H]2O)[C@H](O)[C@@H](O)[C@H]1O. The van der Waals surface area contributed by atoms with E-state index < -0.39 is 106 Å². The van der Waals surface area contributed by atoms with Crippen LogP contribution in [0.25, 0.3) is 0 Å². The van der Waals surface area contributed by atoms with Crippen LogP contribution < -0.4 is 0 Å². The number of ether oxygens (including phenoxy) is 5. The van der Waals surface area contributed by atoms with Gasteiger partial charge in [0.1, 0.15) is 67.1 Å². The van der Waals surface area contributed by atoms with Crippen LogP contribution >= 0.6 is 0 Å². The van der Waals surface area contributed by atoms with Gasteiger partial charge < -0.3 is 74.7 Å². The van der Waals surface area contributed by atoms with Crippen LogP contribution in [0.1, 0.15) is 0 Å². The molecule has 3 aliphatic rings. The van der Waals surface area contributed by atoms with Gasteiger partial charge in [0.2, 0.25) is 0 Å². The molecule has 188 valence electrons. The molecule has 3 fully saturated rings. The minimum atomic E-state index is -1.87. The molecule has 0 unspecified atom stereocenters. The monoisotopic (exact) mass is 474 g/mol. The summed E-state index contributed by atoms with van der Waals surface area (Å²) in [5.41, 5.74) is 0. The van der Waals surface area contributed by atoms with Gasteiger partial charge in [0, 0.05) is 0 Å². The second kappa shape index (κ2) is 10.8. The Morgan fingerprint density at radius 3 is 1.97 bits per heavy atom. The van der Waals surface area contributed by atoms with Gasteiger partial charge in [0.05, 0.1) is 19.8 Å². The van der Waals surface area contributed by atoms with Crippen molar-refractivity contribution in [2.24, 2.45) is 0 Å². The Kier molecular flexibility index (Phi) is 8.75. The van der Waals surface area contributed by atoms with Gasteiger partial charge in [-0.25, -0.2) is 0 Å². The molecule has 0 aromatic heterocycles. The third-order valence-corrected chi connectivity index (χ3v) is 5.68. The lowest BCUT2D eigenvalue weighted by molar-refractivity contribution is -0.352. The maximum atomic E-state index is 10.6. The normalized spacial score (nSPS) is 52.7. The highest BCUT2D eigenvalue weighted by atomic mass is 16.7. The molecule has 3 rings (SSSR count). The van der Waals surface area contributed by atoms with Crippen molar-refractivity contribution in [2.45, 2.75) is 86.0 Å². The maximum Gasteiger partial charge on any atom is 0.186 e. The molecule has 0 radical (unpaired) electrons. The average molecular weight is 474 g/mol. The van der Waals surface area contributed by atoms with E-state index >= 15 is 0 Å². The fraction of sp³-hybridized carbons (Fsp3) is 1.00. The van der Waals surface area contributed by atoms with Crippen molar-refractivity contribution in [3.63, 3.8) is 0 Å². The number of hydrogen-bond acceptors (Lipinski definition) is 15. The van der Waals surface area contributed by atoms with Crippen LogP contribution in [-0.2, 0) is 23.7 Å². The molecule has 10 N–H and O–H groups in total. The van der Waals surface area contributed by atoms with E-state index in [1.54, 1.807) is 0 Å². The van der Waals surface area contributed by atoms with E-state index in [0.717, 1.165) is 0 Å². The van der Waals surface area contributed by atoms with Crippen LogP contribution in [0.15, 0.2) is 0 Å². The van der Waals surface area contributed by atoms with Crippen LogP contribution in [0.4, 0.5) is 0 Å². The van der Waals surface area contributed by atoms with E-state index in [2.05, 4.69) is 0 Å². The molecule has 0 spiro atoms. The first-order valence-corrected chi connectivity index (χ1v) is 9.99. The van der Waals surface area contributed by atoms with Crippen molar-refractivity contribution in [2.75, 3.05) is 19.8 Å². The van der Waals surface area contributed by atoms with Crippen molar-refractivity contribution in [3.05, 3.63) is 0 Å². The molecule has 3 aliphatic heterocycles. The van der Waals surface area contributed by atoms with Gasteiger partial charge in [0.15, 0.2) is 18.9 Å². The van der Waals surface area contributed by atoms with Crippen LogP contribution in [0.5, 0.6) is 0 Å². The molecular weight excluding hydrogens is 444 g/mol. The van der Waals surface area contributed by atoms with Gasteiger partial charge in [-0.1, -0.05) is 0 Å². The van der Waals surface area contributed by atoms with Gasteiger partial charge in [-0.2, -0.15) is 0 Å². The van der Waals surface area contributed by atoms with Gasteiger partial charge in [-0.15, -0.1) is 0 Å². The summed E-state index contributed by atoms with van der Waals surface area (Å²) in [6.07, 6.45) is -22.4. The molecule has 15 nitrogen and oxygen atoms in total. The number of hydrogen-bond donors (Lipinski definition) is 10. The first-order chi connectivity index (χ1) is 15.1. The van der Waals surface area contributed by atoms with Crippen LogP contribution in [0.3, 0.4) is 0 Å². The fourth-order valence-corrected chi connectivity index (χ4v) is 3.66. The Morgan fingerprint density at radius 2 is 1.31 bits per heavy atom. The molecule has 14 atom stereocenters. The zero-order valence-electron chi connectivity index (χ0n) is 16.7. The highest BCUT2D eigenvalue weighted by molar-refractivity contribution is 4.93. The summed E-state index contributed by atoms with van der Waals surface area (Å²) in [6.45, 7) is -1.65. The lowest BCUT2D eigenvalue weighted by Crippen LogP contribution is -2.63. The largest absolute Gasteiger partial charge is 0.394 e. The smallest absolute Gasteiger partial charge is 0.186 e. The molecule has 0 aromatic carbocycles. The Morgan fingerprint density at radius 1 is 0.656 bits per heavy atom. The zero-order valence-corrected chi connectivity index (χ0v) is 16.7. The highest BCUT2D eigenvalue weighted by Crippen LogP contribution is 2.28. The summed E-state index contributed by atoms with van der Waals surface area (Å²) in [5.74, 6) is 0. The Labute approximate surface area is 181 Å². The van der Waals surface area contributed by atoms with Gasteiger partial charge >= 0.3 is 0 Å². The van der Waals surface area contributed by atoms with Crippen LogP contribution in [0.2, 0.25) is 0 Å². The van der Waals surface area contributed by atoms with E-state index in [9.17, 15) is 51.1 Å². The molecule has 0 bridgehead atoms. The average Bonchev–Trinajstić information content (AvgIpc) is 2.77. The minimum absolute atomic E-state index is 0.398. The standard InChI is InChI=1S/C17H30O15/c18-1-5-8(21)10(23)12(25)16(31-5)29-3-6-9(22)14(13(26)15(27)30-6)32-17-11(24)7(20)4(19)2-28-17/h4-27H,1-3H2/t4-,5+,6+,7-,8-,9-,10-,11+,12+,13+,14-,15+,16+,17-/m0/s1. The minimum Gasteiger partial charge on any atom is -0.394 e. The molecule has 3 saturated heterocycles. The second-order valence-electron chi connectivity index (χ2n) is 7.93. The quantitative estimate of drug-likeness (QED) is 0.172. The zero-order chi connectivity index (χ0) is 23.7. The first-order valence-electron chi connectivity index (χ1n) is 9.99.